The van der Waals surface area contributed by atoms with Gasteiger partial charge in [-0.25, -0.2) is 9.37 Å². The third kappa shape index (κ3) is 4.67. The van der Waals surface area contributed by atoms with Gasteiger partial charge in [0.05, 0.1) is 11.8 Å². The molecule has 1 atom stereocenters. The number of carbonyl (C=O) groups excluding carboxylic acids is 1. The van der Waals surface area contributed by atoms with Gasteiger partial charge in [0.15, 0.2) is 5.82 Å². The molecule has 3 aromatic heterocycles. The lowest BCUT2D eigenvalue weighted by atomic mass is 9.97. The van der Waals surface area contributed by atoms with Crippen LogP contribution in [0.25, 0.3) is 21.9 Å². The van der Waals surface area contributed by atoms with Crippen molar-refractivity contribution in [3.05, 3.63) is 65.5 Å². The molecular formula is C28H29FN6O2. The quantitative estimate of drug-likeness (QED) is 0.427. The van der Waals surface area contributed by atoms with E-state index in [0.717, 1.165) is 60.2 Å². The van der Waals surface area contributed by atoms with Crippen molar-refractivity contribution < 1.29 is 13.9 Å². The summed E-state index contributed by atoms with van der Waals surface area (Å²) in [6.45, 7) is 3.63. The number of anilines is 2. The predicted octanol–water partition coefficient (Wildman–Crippen LogP) is 4.94. The second kappa shape index (κ2) is 9.55. The molecule has 0 aliphatic carbocycles. The first-order valence-electron chi connectivity index (χ1n) is 12.7. The second-order valence-corrected chi connectivity index (χ2v) is 9.90. The number of benzene rings is 1. The molecule has 6 rings (SSSR count). The van der Waals surface area contributed by atoms with E-state index in [1.807, 2.05) is 31.2 Å². The van der Waals surface area contributed by atoms with E-state index in [4.69, 9.17) is 4.74 Å². The van der Waals surface area contributed by atoms with E-state index in [1.54, 1.807) is 29.0 Å². The van der Waals surface area contributed by atoms with Crippen LogP contribution >= 0.6 is 0 Å². The third-order valence-electron chi connectivity index (χ3n) is 7.27. The largest absolute Gasteiger partial charge is 0.372 e. The molecule has 1 saturated heterocycles. The number of likely N-dealkylation sites (N-methyl/N-ethyl adjacent to an activating group) is 1. The van der Waals surface area contributed by atoms with Crippen molar-refractivity contribution in [1.29, 1.82) is 0 Å². The van der Waals surface area contributed by atoms with E-state index in [-0.39, 0.29) is 24.4 Å². The van der Waals surface area contributed by atoms with Gasteiger partial charge in [0.2, 0.25) is 5.91 Å². The summed E-state index contributed by atoms with van der Waals surface area (Å²) >= 11 is 0. The van der Waals surface area contributed by atoms with Crippen LogP contribution in [0, 0.1) is 12.7 Å². The molecular weight excluding hydrogens is 471 g/mol. The Hall–Kier alpha value is -3.85. The summed E-state index contributed by atoms with van der Waals surface area (Å²) in [6, 6.07) is 9.20. The van der Waals surface area contributed by atoms with Crippen LogP contribution in [0.1, 0.15) is 42.3 Å². The van der Waals surface area contributed by atoms with Crippen molar-refractivity contribution in [1.82, 2.24) is 24.6 Å². The summed E-state index contributed by atoms with van der Waals surface area (Å²) in [7, 11) is 1.81. The number of hydrogen-bond donors (Lipinski definition) is 1. The number of amides is 1. The number of aryl methyl sites for hydroxylation is 1. The summed E-state index contributed by atoms with van der Waals surface area (Å²) in [4.78, 5) is 23.0. The van der Waals surface area contributed by atoms with E-state index in [2.05, 4.69) is 20.4 Å². The minimum absolute atomic E-state index is 0.0136. The zero-order valence-corrected chi connectivity index (χ0v) is 21.0. The van der Waals surface area contributed by atoms with Gasteiger partial charge in [-0.3, -0.25) is 14.5 Å². The highest BCUT2D eigenvalue weighted by Gasteiger charge is 2.21. The number of rotatable bonds is 4. The third-order valence-corrected chi connectivity index (χ3v) is 7.27. The maximum atomic E-state index is 15.2. The Morgan fingerprint density at radius 3 is 2.73 bits per heavy atom. The molecule has 1 N–H and O–H groups in total. The fourth-order valence-electron chi connectivity index (χ4n) is 5.09. The van der Waals surface area contributed by atoms with Gasteiger partial charge < -0.3 is 15.0 Å². The number of fused-ring (bicyclic) bond motifs is 2. The molecule has 0 radical (unpaired) electrons. The van der Waals surface area contributed by atoms with E-state index in [1.165, 1.54) is 6.07 Å². The summed E-state index contributed by atoms with van der Waals surface area (Å²) in [6.07, 6.45) is 7.34. The van der Waals surface area contributed by atoms with Crippen molar-refractivity contribution in [2.75, 3.05) is 25.5 Å². The molecule has 9 heteroatoms. The molecule has 0 spiro atoms. The van der Waals surface area contributed by atoms with Gasteiger partial charge in [-0.2, -0.15) is 5.10 Å². The topological polar surface area (TPSA) is 85.2 Å². The van der Waals surface area contributed by atoms with Gasteiger partial charge in [-0.1, -0.05) is 0 Å². The maximum absolute atomic E-state index is 15.2. The molecule has 1 aromatic carbocycles. The molecule has 2 aliphatic heterocycles. The van der Waals surface area contributed by atoms with Crippen molar-refractivity contribution in [2.45, 2.75) is 45.3 Å². The first-order chi connectivity index (χ1) is 17.9. The van der Waals surface area contributed by atoms with Crippen LogP contribution in [0.15, 0.2) is 42.7 Å². The fraction of sp³-hybridized carbons (Fsp3) is 0.357. The molecule has 4 aromatic rings. The van der Waals surface area contributed by atoms with Gasteiger partial charge in [0, 0.05) is 67.3 Å². The minimum atomic E-state index is -0.311. The summed E-state index contributed by atoms with van der Waals surface area (Å²) < 4.78 is 22.8. The first kappa shape index (κ1) is 23.5. The van der Waals surface area contributed by atoms with Crippen LogP contribution in [0.5, 0.6) is 0 Å². The van der Waals surface area contributed by atoms with Gasteiger partial charge in [0.25, 0.3) is 0 Å². The Bertz CT molecular complexity index is 1490. The van der Waals surface area contributed by atoms with Crippen molar-refractivity contribution in [3.8, 4) is 11.1 Å². The normalized spacial score (nSPS) is 18.1. The average molecular weight is 501 g/mol. The van der Waals surface area contributed by atoms with E-state index >= 15 is 4.39 Å². The molecule has 0 unspecified atom stereocenters. The number of nitrogens with zero attached hydrogens (tertiary/aromatic N) is 5. The lowest BCUT2D eigenvalue weighted by molar-refractivity contribution is -0.130. The van der Waals surface area contributed by atoms with E-state index < -0.39 is 0 Å². The van der Waals surface area contributed by atoms with Gasteiger partial charge in [-0.15, -0.1) is 0 Å². The van der Waals surface area contributed by atoms with Crippen LogP contribution in [0.2, 0.25) is 0 Å². The zero-order valence-electron chi connectivity index (χ0n) is 21.0. The zero-order chi connectivity index (χ0) is 25.5. The van der Waals surface area contributed by atoms with Gasteiger partial charge in [0.1, 0.15) is 18.2 Å². The molecule has 37 heavy (non-hydrogen) atoms. The number of aromatic nitrogens is 4. The molecule has 8 nitrogen and oxygen atoms in total. The molecule has 0 bridgehead atoms. The Kier molecular flexibility index (Phi) is 6.08. The van der Waals surface area contributed by atoms with E-state index in [0.29, 0.717) is 29.1 Å². The van der Waals surface area contributed by atoms with Crippen LogP contribution in [-0.2, 0) is 22.5 Å². The SMILES string of the molecule is Cc1cc([C@H]2CCCCO2)ncc1-c1cc2cc(Nc3cc4n(n3)CC(=O)N(C)CC4)ncc2cc1F. The predicted molar refractivity (Wildman–Crippen MR) is 139 cm³/mol. The van der Waals surface area contributed by atoms with Crippen LogP contribution in [-0.4, -0.2) is 50.8 Å². The molecule has 1 amide bonds. The fourth-order valence-corrected chi connectivity index (χ4v) is 5.09. The number of ether oxygens (including phenoxy) is 1. The Morgan fingerprint density at radius 2 is 1.92 bits per heavy atom. The van der Waals surface area contributed by atoms with Crippen molar-refractivity contribution in [3.63, 3.8) is 0 Å². The highest BCUT2D eigenvalue weighted by molar-refractivity contribution is 5.89. The van der Waals surface area contributed by atoms with Gasteiger partial charge in [-0.05, 0) is 61.4 Å². The van der Waals surface area contributed by atoms with Gasteiger partial charge >= 0.3 is 0 Å². The summed E-state index contributed by atoms with van der Waals surface area (Å²) in [5, 5.41) is 9.35. The monoisotopic (exact) mass is 500 g/mol. The average Bonchev–Trinajstić information content (AvgIpc) is 3.22. The highest BCUT2D eigenvalue weighted by Crippen LogP contribution is 2.33. The Morgan fingerprint density at radius 1 is 1.03 bits per heavy atom. The molecule has 2 aliphatic rings. The summed E-state index contributed by atoms with van der Waals surface area (Å²) in [5.74, 6) is 0.952. The maximum Gasteiger partial charge on any atom is 0.244 e. The van der Waals surface area contributed by atoms with E-state index in [9.17, 15) is 4.79 Å². The van der Waals surface area contributed by atoms with Crippen molar-refractivity contribution in [2.24, 2.45) is 0 Å². The lowest BCUT2D eigenvalue weighted by Crippen LogP contribution is -2.29. The number of nitrogens with one attached hydrogen (secondary N) is 1. The highest BCUT2D eigenvalue weighted by atomic mass is 19.1. The molecule has 190 valence electrons. The number of halogens is 1. The smallest absolute Gasteiger partial charge is 0.244 e. The Labute approximate surface area is 214 Å². The lowest BCUT2D eigenvalue weighted by Gasteiger charge is -2.22. The number of pyridine rings is 2. The van der Waals surface area contributed by atoms with Crippen LogP contribution in [0.4, 0.5) is 16.0 Å². The number of hydrogen-bond acceptors (Lipinski definition) is 6. The Balaban J connectivity index is 1.28. The molecule has 1 fully saturated rings. The van der Waals surface area contributed by atoms with Crippen molar-refractivity contribution >= 4 is 28.3 Å². The van der Waals surface area contributed by atoms with Crippen LogP contribution < -0.4 is 5.32 Å². The number of carbonyl (C=O) groups is 1. The second-order valence-electron chi connectivity index (χ2n) is 9.90. The van der Waals surface area contributed by atoms with Crippen LogP contribution in [0.3, 0.4) is 0 Å². The standard InChI is InChI=1S/C28H29FN6O2/c1-17-9-24(25-5-3-4-8-37-25)30-15-22(17)21-10-18-12-26(31-14-19(18)11-23(21)29)32-27-13-20-6-7-34(2)28(36)16-35(20)33-27/h9-15,25H,3-8,16H2,1-2H3,(H,31,32,33)/t25-/m1/s1. The minimum Gasteiger partial charge on any atom is -0.372 e. The molecule has 5 heterocycles. The summed E-state index contributed by atoms with van der Waals surface area (Å²) in [5.41, 5.74) is 4.13. The molecule has 0 saturated carbocycles. The first-order valence-corrected chi connectivity index (χ1v) is 12.7.